The molecule has 0 radical (unpaired) electrons. The molecule has 0 aliphatic heterocycles. The summed E-state index contributed by atoms with van der Waals surface area (Å²) in [5.41, 5.74) is 2.27. The Morgan fingerprint density at radius 1 is 0.857 bits per heavy atom. The molecule has 3 aromatic rings. The average molecular weight is 373 g/mol. The van der Waals surface area contributed by atoms with E-state index < -0.39 is 5.54 Å². The zero-order valence-electron chi connectivity index (χ0n) is 16.8. The van der Waals surface area contributed by atoms with Crippen molar-refractivity contribution in [3.63, 3.8) is 0 Å². The van der Waals surface area contributed by atoms with Crippen molar-refractivity contribution in [2.75, 3.05) is 14.1 Å². The molecule has 28 heavy (non-hydrogen) atoms. The highest BCUT2D eigenvalue weighted by Crippen LogP contribution is 2.26. The maximum atomic E-state index is 13.4. The van der Waals surface area contributed by atoms with Crippen LogP contribution in [-0.4, -0.2) is 30.3 Å². The van der Waals surface area contributed by atoms with Crippen LogP contribution in [0.1, 0.15) is 28.4 Å². The minimum absolute atomic E-state index is 0.0894. The van der Waals surface area contributed by atoms with E-state index in [9.17, 15) is 4.79 Å². The summed E-state index contributed by atoms with van der Waals surface area (Å²) in [6.07, 6.45) is 0.648. The van der Waals surface area contributed by atoms with Gasteiger partial charge in [-0.1, -0.05) is 72.8 Å². The lowest BCUT2D eigenvalue weighted by Crippen LogP contribution is -2.50. The zero-order valence-corrected chi connectivity index (χ0v) is 16.8. The molecule has 0 aromatic heterocycles. The van der Waals surface area contributed by atoms with Gasteiger partial charge in [-0.15, -0.1) is 0 Å². The molecule has 0 heterocycles. The molecule has 0 spiro atoms. The number of carbonyl (C=O) groups excluding carboxylic acids is 1. The molecule has 3 heteroatoms. The van der Waals surface area contributed by atoms with Gasteiger partial charge in [-0.3, -0.25) is 9.69 Å². The fraction of sp³-hybridized carbons (Fsp3) is 0.240. The molecule has 3 rings (SSSR count). The van der Waals surface area contributed by atoms with Gasteiger partial charge in [0.1, 0.15) is 12.4 Å². The van der Waals surface area contributed by atoms with Gasteiger partial charge in [0, 0.05) is 5.56 Å². The van der Waals surface area contributed by atoms with Gasteiger partial charge in [-0.2, -0.15) is 0 Å². The summed E-state index contributed by atoms with van der Waals surface area (Å²) in [5.74, 6) is 0.794. The van der Waals surface area contributed by atoms with Crippen LogP contribution in [0, 0.1) is 0 Å². The van der Waals surface area contributed by atoms with Crippen LogP contribution in [-0.2, 0) is 13.0 Å². The fourth-order valence-corrected chi connectivity index (χ4v) is 3.21. The summed E-state index contributed by atoms with van der Waals surface area (Å²) in [5, 5.41) is 0. The molecular weight excluding hydrogens is 346 g/mol. The Kier molecular flexibility index (Phi) is 6.27. The van der Waals surface area contributed by atoms with Crippen molar-refractivity contribution in [1.82, 2.24) is 4.90 Å². The van der Waals surface area contributed by atoms with Crippen molar-refractivity contribution in [3.05, 3.63) is 102 Å². The summed E-state index contributed by atoms with van der Waals surface area (Å²) < 4.78 is 5.91. The second kappa shape index (κ2) is 8.85. The van der Waals surface area contributed by atoms with E-state index in [4.69, 9.17) is 4.74 Å². The van der Waals surface area contributed by atoms with Crippen LogP contribution < -0.4 is 4.74 Å². The van der Waals surface area contributed by atoms with Gasteiger partial charge in [0.25, 0.3) is 0 Å². The highest BCUT2D eigenvalue weighted by molar-refractivity contribution is 6.03. The summed E-state index contributed by atoms with van der Waals surface area (Å²) in [4.78, 5) is 15.4. The maximum absolute atomic E-state index is 13.4. The third-order valence-corrected chi connectivity index (χ3v) is 5.21. The highest BCUT2D eigenvalue weighted by atomic mass is 16.5. The fourth-order valence-electron chi connectivity index (χ4n) is 3.21. The van der Waals surface area contributed by atoms with Crippen LogP contribution in [0.5, 0.6) is 5.75 Å². The second-order valence-electron chi connectivity index (χ2n) is 7.46. The summed E-state index contributed by atoms with van der Waals surface area (Å²) in [6.45, 7) is 2.48. The van der Waals surface area contributed by atoms with Crippen LogP contribution in [0.15, 0.2) is 84.9 Å². The largest absolute Gasteiger partial charge is 0.489 e. The molecule has 0 N–H and O–H groups in total. The molecule has 1 atom stereocenters. The molecule has 0 fully saturated rings. The molecule has 3 aromatic carbocycles. The van der Waals surface area contributed by atoms with E-state index in [1.165, 1.54) is 0 Å². The normalized spacial score (nSPS) is 13.1. The molecule has 0 saturated carbocycles. The first-order valence-corrected chi connectivity index (χ1v) is 9.52. The number of rotatable bonds is 8. The van der Waals surface area contributed by atoms with E-state index in [0.717, 1.165) is 11.1 Å². The highest BCUT2D eigenvalue weighted by Gasteiger charge is 2.36. The number of Topliss-reactive ketones (excluding diaryl/α,β-unsaturated/α-hetero) is 1. The van der Waals surface area contributed by atoms with E-state index in [1.54, 1.807) is 0 Å². The van der Waals surface area contributed by atoms with E-state index in [0.29, 0.717) is 24.3 Å². The Morgan fingerprint density at radius 3 is 2.07 bits per heavy atom. The molecule has 144 valence electrons. The topological polar surface area (TPSA) is 29.5 Å². The Labute approximate surface area is 167 Å². The minimum atomic E-state index is -0.639. The van der Waals surface area contributed by atoms with Gasteiger partial charge < -0.3 is 4.74 Å². The second-order valence-corrected chi connectivity index (χ2v) is 7.46. The predicted octanol–water partition coefficient (Wildman–Crippen LogP) is 5.01. The summed E-state index contributed by atoms with van der Waals surface area (Å²) >= 11 is 0. The van der Waals surface area contributed by atoms with E-state index >= 15 is 0 Å². The number of likely N-dealkylation sites (N-methyl/N-ethyl adjacent to an activating group) is 1. The standard InChI is InChI=1S/C25H27NO2/c1-25(26(2)3,18-20-11-6-4-7-12-20)24(27)22-15-10-16-23(17-22)28-19-21-13-8-5-9-14-21/h4-17H,18-19H2,1-3H3. The SMILES string of the molecule is CN(C)C(C)(Cc1ccccc1)C(=O)c1cccc(OCc2ccccc2)c1. The smallest absolute Gasteiger partial charge is 0.183 e. The number of hydrogen-bond donors (Lipinski definition) is 0. The monoisotopic (exact) mass is 373 g/mol. The Bertz CT molecular complexity index is 906. The lowest BCUT2D eigenvalue weighted by Gasteiger charge is -2.35. The van der Waals surface area contributed by atoms with Gasteiger partial charge in [-0.05, 0) is 50.7 Å². The van der Waals surface area contributed by atoms with E-state index in [2.05, 4.69) is 12.1 Å². The van der Waals surface area contributed by atoms with Crippen LogP contribution >= 0.6 is 0 Å². The van der Waals surface area contributed by atoms with Gasteiger partial charge in [0.2, 0.25) is 0 Å². The van der Waals surface area contributed by atoms with Crippen molar-refractivity contribution in [2.24, 2.45) is 0 Å². The van der Waals surface area contributed by atoms with Crippen molar-refractivity contribution in [1.29, 1.82) is 0 Å². The van der Waals surface area contributed by atoms with Crippen LogP contribution in [0.2, 0.25) is 0 Å². The first-order valence-electron chi connectivity index (χ1n) is 9.52. The van der Waals surface area contributed by atoms with Crippen LogP contribution in [0.3, 0.4) is 0 Å². The van der Waals surface area contributed by atoms with Gasteiger partial charge in [0.05, 0.1) is 5.54 Å². The number of ether oxygens (including phenoxy) is 1. The number of nitrogens with zero attached hydrogens (tertiary/aromatic N) is 1. The number of carbonyl (C=O) groups is 1. The van der Waals surface area contributed by atoms with Gasteiger partial charge in [0.15, 0.2) is 5.78 Å². The van der Waals surface area contributed by atoms with Crippen molar-refractivity contribution in [2.45, 2.75) is 25.5 Å². The quantitative estimate of drug-likeness (QED) is 0.520. The Morgan fingerprint density at radius 2 is 1.46 bits per heavy atom. The van der Waals surface area contributed by atoms with Gasteiger partial charge in [-0.25, -0.2) is 0 Å². The molecule has 0 amide bonds. The molecule has 3 nitrogen and oxygen atoms in total. The third kappa shape index (κ3) is 4.68. The van der Waals surface area contributed by atoms with Crippen molar-refractivity contribution in [3.8, 4) is 5.75 Å². The maximum Gasteiger partial charge on any atom is 0.183 e. The first-order chi connectivity index (χ1) is 13.5. The number of benzene rings is 3. The predicted molar refractivity (Wildman–Crippen MR) is 114 cm³/mol. The van der Waals surface area contributed by atoms with Crippen molar-refractivity contribution >= 4 is 5.78 Å². The molecule has 1 unspecified atom stereocenters. The first kappa shape index (κ1) is 19.8. The number of hydrogen-bond acceptors (Lipinski definition) is 3. The Balaban J connectivity index is 1.79. The molecule has 0 saturated heterocycles. The minimum Gasteiger partial charge on any atom is -0.489 e. The van der Waals surface area contributed by atoms with Crippen LogP contribution in [0.25, 0.3) is 0 Å². The summed E-state index contributed by atoms with van der Waals surface area (Å²) in [7, 11) is 3.91. The van der Waals surface area contributed by atoms with E-state index in [1.807, 2.05) is 98.7 Å². The molecule has 0 bridgehead atoms. The average Bonchev–Trinajstić information content (AvgIpc) is 2.73. The van der Waals surface area contributed by atoms with Gasteiger partial charge >= 0.3 is 0 Å². The summed E-state index contributed by atoms with van der Waals surface area (Å²) in [6, 6.07) is 27.6. The Hall–Kier alpha value is -2.91. The number of ketones is 1. The van der Waals surface area contributed by atoms with E-state index in [-0.39, 0.29) is 5.78 Å². The van der Waals surface area contributed by atoms with Crippen LogP contribution in [0.4, 0.5) is 0 Å². The third-order valence-electron chi connectivity index (χ3n) is 5.21. The molecule has 0 aliphatic rings. The molecule has 0 aliphatic carbocycles. The van der Waals surface area contributed by atoms with Crippen molar-refractivity contribution < 1.29 is 9.53 Å². The zero-order chi connectivity index (χ0) is 20.0. The lowest BCUT2D eigenvalue weighted by atomic mass is 9.84. The molecular formula is C25H27NO2. The lowest BCUT2D eigenvalue weighted by molar-refractivity contribution is 0.0718.